The number of ether oxygens (including phenoxy) is 3. The van der Waals surface area contributed by atoms with Gasteiger partial charge in [-0.25, -0.2) is 0 Å². The van der Waals surface area contributed by atoms with Crippen LogP contribution in [0.4, 0.5) is 0 Å². The summed E-state index contributed by atoms with van der Waals surface area (Å²) in [5.74, 6) is -0.534. The Labute approximate surface area is 169 Å². The summed E-state index contributed by atoms with van der Waals surface area (Å²) in [6.07, 6.45) is 2.65. The predicted octanol–water partition coefficient (Wildman–Crippen LogP) is 3.68. The van der Waals surface area contributed by atoms with E-state index in [1.165, 1.54) is 12.7 Å². The van der Waals surface area contributed by atoms with Crippen LogP contribution in [0.3, 0.4) is 0 Å². The Morgan fingerprint density at radius 1 is 1.31 bits per heavy atom. The van der Waals surface area contributed by atoms with Gasteiger partial charge in [0.2, 0.25) is 0 Å². The molecule has 0 unspecified atom stereocenters. The van der Waals surface area contributed by atoms with Gasteiger partial charge in [-0.3, -0.25) is 9.59 Å². The van der Waals surface area contributed by atoms with E-state index in [1.807, 2.05) is 24.9 Å². The summed E-state index contributed by atoms with van der Waals surface area (Å²) < 4.78 is 18.0. The first kappa shape index (κ1) is 23.4. The second-order valence-electron chi connectivity index (χ2n) is 7.70. The molecule has 0 aromatic carbocycles. The molecule has 1 saturated heterocycles. The zero-order valence-corrected chi connectivity index (χ0v) is 18.3. The average molecular weight is 482 g/mol. The van der Waals surface area contributed by atoms with E-state index in [0.717, 1.165) is 6.42 Å². The minimum absolute atomic E-state index is 0.134. The number of hydrogen-bond acceptors (Lipinski definition) is 6. The maximum Gasteiger partial charge on any atom is 0.308 e. The molecule has 0 radical (unpaired) electrons. The lowest BCUT2D eigenvalue weighted by atomic mass is 9.93. The van der Waals surface area contributed by atoms with E-state index in [-0.39, 0.29) is 30.6 Å². The van der Waals surface area contributed by atoms with Gasteiger partial charge in [0, 0.05) is 6.42 Å². The highest BCUT2D eigenvalue weighted by Crippen LogP contribution is 2.30. The molecule has 0 amide bonds. The van der Waals surface area contributed by atoms with E-state index in [1.54, 1.807) is 0 Å². The van der Waals surface area contributed by atoms with Gasteiger partial charge in [0.1, 0.15) is 5.60 Å². The second kappa shape index (κ2) is 11.2. The van der Waals surface area contributed by atoms with Crippen LogP contribution in [-0.2, 0) is 23.8 Å². The first-order chi connectivity index (χ1) is 12.1. The fourth-order valence-corrected chi connectivity index (χ4v) is 3.47. The van der Waals surface area contributed by atoms with Crippen molar-refractivity contribution in [3.05, 3.63) is 9.66 Å². The number of halogens is 1. The second-order valence-corrected chi connectivity index (χ2v) is 8.33. The summed E-state index contributed by atoms with van der Waals surface area (Å²) >= 11 is 2.20. The van der Waals surface area contributed by atoms with Crippen LogP contribution in [0.1, 0.15) is 65.7 Å². The Bertz CT molecular complexity index is 497. The molecule has 1 aliphatic heterocycles. The first-order valence-electron chi connectivity index (χ1n) is 9.03. The highest BCUT2D eigenvalue weighted by molar-refractivity contribution is 14.1. The topological polar surface area (TPSA) is 82.1 Å². The quantitative estimate of drug-likeness (QED) is 0.420. The van der Waals surface area contributed by atoms with Crippen molar-refractivity contribution in [3.8, 4) is 0 Å². The lowest BCUT2D eigenvalue weighted by Crippen LogP contribution is -2.34. The highest BCUT2D eigenvalue weighted by atomic mass is 127. The molecule has 1 fully saturated rings. The molecular formula is C19H31IO6. The predicted molar refractivity (Wildman–Crippen MR) is 107 cm³/mol. The molecule has 0 aromatic heterocycles. The van der Waals surface area contributed by atoms with Gasteiger partial charge >= 0.3 is 11.9 Å². The summed E-state index contributed by atoms with van der Waals surface area (Å²) in [4.78, 5) is 23.2. The highest BCUT2D eigenvalue weighted by Gasteiger charge is 2.30. The van der Waals surface area contributed by atoms with Gasteiger partial charge in [-0.1, -0.05) is 28.2 Å². The summed E-state index contributed by atoms with van der Waals surface area (Å²) in [6, 6.07) is 0. The molecule has 150 valence electrons. The van der Waals surface area contributed by atoms with Crippen molar-refractivity contribution in [1.82, 2.24) is 0 Å². The molecule has 1 N–H and O–H groups in total. The number of aliphatic hydroxyl groups is 1. The average Bonchev–Trinajstić information content (AvgIpc) is 2.52. The Morgan fingerprint density at radius 3 is 2.54 bits per heavy atom. The van der Waals surface area contributed by atoms with Crippen molar-refractivity contribution in [2.45, 2.75) is 89.6 Å². The van der Waals surface area contributed by atoms with Crippen molar-refractivity contribution in [2.24, 2.45) is 0 Å². The molecule has 0 aliphatic carbocycles. The van der Waals surface area contributed by atoms with E-state index < -0.39 is 11.7 Å². The van der Waals surface area contributed by atoms with Crippen LogP contribution in [0.5, 0.6) is 0 Å². The van der Waals surface area contributed by atoms with Crippen molar-refractivity contribution < 1.29 is 28.9 Å². The Morgan fingerprint density at radius 2 is 1.96 bits per heavy atom. The molecule has 1 rings (SSSR count). The van der Waals surface area contributed by atoms with E-state index in [0.29, 0.717) is 32.1 Å². The molecule has 0 spiro atoms. The maximum atomic E-state index is 12.1. The van der Waals surface area contributed by atoms with E-state index in [4.69, 9.17) is 9.47 Å². The smallest absolute Gasteiger partial charge is 0.308 e. The molecular weight excluding hydrogens is 451 g/mol. The molecule has 0 saturated carbocycles. The summed E-state index contributed by atoms with van der Waals surface area (Å²) in [6.45, 7) is 5.53. The van der Waals surface area contributed by atoms with Crippen LogP contribution in [0.15, 0.2) is 9.66 Å². The fourth-order valence-electron chi connectivity index (χ4n) is 2.96. The van der Waals surface area contributed by atoms with Gasteiger partial charge < -0.3 is 19.3 Å². The third-order valence-electron chi connectivity index (χ3n) is 4.01. The number of methoxy groups -OCH3 is 1. The zero-order chi connectivity index (χ0) is 19.7. The lowest BCUT2D eigenvalue weighted by Gasteiger charge is -2.33. The van der Waals surface area contributed by atoms with Crippen LogP contribution in [0.2, 0.25) is 0 Å². The summed E-state index contributed by atoms with van der Waals surface area (Å²) in [5, 5.41) is 10.2. The lowest BCUT2D eigenvalue weighted by molar-refractivity contribution is -0.160. The maximum absolute atomic E-state index is 12.1. The Balaban J connectivity index is 2.50. The van der Waals surface area contributed by atoms with Crippen molar-refractivity contribution in [2.75, 3.05) is 7.11 Å². The number of hydrogen-bond donors (Lipinski definition) is 1. The molecule has 7 heteroatoms. The van der Waals surface area contributed by atoms with Gasteiger partial charge in [-0.05, 0) is 57.0 Å². The molecule has 0 aromatic rings. The molecule has 3 atom stereocenters. The minimum Gasteiger partial charge on any atom is -0.469 e. The van der Waals surface area contributed by atoms with Crippen LogP contribution in [0, 0.1) is 0 Å². The fraction of sp³-hybridized carbons (Fsp3) is 0.789. The van der Waals surface area contributed by atoms with Crippen LogP contribution < -0.4 is 0 Å². The minimum atomic E-state index is -0.541. The third-order valence-corrected chi connectivity index (χ3v) is 4.89. The number of rotatable bonds is 8. The Hall–Kier alpha value is -0.670. The number of carbonyl (C=O) groups excluding carboxylic acids is 2. The zero-order valence-electron chi connectivity index (χ0n) is 16.1. The van der Waals surface area contributed by atoms with E-state index >= 15 is 0 Å². The van der Waals surface area contributed by atoms with Crippen LogP contribution in [0.25, 0.3) is 0 Å². The van der Waals surface area contributed by atoms with Gasteiger partial charge in [-0.15, -0.1) is 0 Å². The van der Waals surface area contributed by atoms with Crippen molar-refractivity contribution in [3.63, 3.8) is 0 Å². The normalized spacial score (nSPS) is 23.5. The molecule has 6 nitrogen and oxygen atoms in total. The van der Waals surface area contributed by atoms with Gasteiger partial charge in [0.25, 0.3) is 0 Å². The molecule has 0 bridgehead atoms. The molecule has 1 heterocycles. The van der Waals surface area contributed by atoms with Gasteiger partial charge in [0.15, 0.2) is 0 Å². The SMILES string of the molecule is COC(=O)CCC[C@@H](O)C[C@@H]1C/C(=C/I)C[C@H](CC(=O)OC(C)(C)C)O1. The standard InChI is InChI=1S/C19H31IO6/c1-19(2,3)26-18(23)11-16-9-13(12-20)8-15(25-16)10-14(21)6-5-7-17(22)24-4/h12,14-16,21H,5-11H2,1-4H3/b13-12-/t14-,15+,16-/m1/s1. The third kappa shape index (κ3) is 9.87. The van der Waals surface area contributed by atoms with Gasteiger partial charge in [0.05, 0.1) is 31.8 Å². The van der Waals surface area contributed by atoms with Gasteiger partial charge in [-0.2, -0.15) is 0 Å². The van der Waals surface area contributed by atoms with Crippen molar-refractivity contribution >= 4 is 34.5 Å². The molecule has 26 heavy (non-hydrogen) atoms. The van der Waals surface area contributed by atoms with Crippen LogP contribution in [-0.4, -0.2) is 48.1 Å². The van der Waals surface area contributed by atoms with E-state index in [2.05, 4.69) is 27.3 Å². The van der Waals surface area contributed by atoms with E-state index in [9.17, 15) is 14.7 Å². The first-order valence-corrected chi connectivity index (χ1v) is 10.3. The molecule has 1 aliphatic rings. The Kier molecular flexibility index (Phi) is 10.1. The monoisotopic (exact) mass is 482 g/mol. The summed E-state index contributed by atoms with van der Waals surface area (Å²) in [7, 11) is 1.36. The number of aliphatic hydroxyl groups excluding tert-OH is 1. The summed E-state index contributed by atoms with van der Waals surface area (Å²) in [5.41, 5.74) is 0.709. The largest absolute Gasteiger partial charge is 0.469 e. The number of carbonyl (C=O) groups is 2. The number of esters is 2. The van der Waals surface area contributed by atoms with Crippen LogP contribution >= 0.6 is 22.6 Å². The van der Waals surface area contributed by atoms with Crippen molar-refractivity contribution in [1.29, 1.82) is 0 Å².